The molecule has 0 unspecified atom stereocenters. The van der Waals surface area contributed by atoms with Gasteiger partial charge >= 0.3 is 0 Å². The first kappa shape index (κ1) is 15.1. The second-order valence-electron chi connectivity index (χ2n) is 5.84. The molecular formula is C16H21N7O. The minimum atomic E-state index is 0.759. The Morgan fingerprint density at radius 1 is 0.708 bits per heavy atom. The fourth-order valence-corrected chi connectivity index (χ4v) is 3.02. The predicted molar refractivity (Wildman–Crippen MR) is 91.5 cm³/mol. The summed E-state index contributed by atoms with van der Waals surface area (Å²) in [4.78, 5) is 24.5. The van der Waals surface area contributed by atoms with Crippen molar-refractivity contribution in [2.75, 3.05) is 67.2 Å². The van der Waals surface area contributed by atoms with Gasteiger partial charge in [0.15, 0.2) is 0 Å². The van der Waals surface area contributed by atoms with Crippen LogP contribution in [0.3, 0.4) is 0 Å². The Hall–Kier alpha value is -2.48. The molecule has 0 saturated carbocycles. The zero-order chi connectivity index (χ0) is 16.2. The van der Waals surface area contributed by atoms with E-state index in [0.29, 0.717) is 0 Å². The Morgan fingerprint density at radius 3 is 2.04 bits per heavy atom. The Morgan fingerprint density at radius 2 is 1.33 bits per heavy atom. The minimum Gasteiger partial charge on any atom is -0.378 e. The van der Waals surface area contributed by atoms with Gasteiger partial charge in [0.05, 0.1) is 13.2 Å². The van der Waals surface area contributed by atoms with Crippen LogP contribution in [0.2, 0.25) is 0 Å². The van der Waals surface area contributed by atoms with E-state index in [4.69, 9.17) is 9.72 Å². The average molecular weight is 327 g/mol. The molecule has 2 fully saturated rings. The van der Waals surface area contributed by atoms with Crippen LogP contribution in [0, 0.1) is 0 Å². The Kier molecular flexibility index (Phi) is 4.37. The normalized spacial score (nSPS) is 18.8. The van der Waals surface area contributed by atoms with Crippen molar-refractivity contribution in [3.63, 3.8) is 0 Å². The van der Waals surface area contributed by atoms with Gasteiger partial charge in [-0.15, -0.1) is 0 Å². The summed E-state index contributed by atoms with van der Waals surface area (Å²) in [5, 5.41) is 0. The van der Waals surface area contributed by atoms with Crippen LogP contribution in [0.4, 0.5) is 17.7 Å². The molecule has 4 heterocycles. The van der Waals surface area contributed by atoms with Gasteiger partial charge in [-0.2, -0.15) is 4.98 Å². The van der Waals surface area contributed by atoms with Crippen molar-refractivity contribution >= 4 is 17.7 Å². The van der Waals surface area contributed by atoms with Crippen LogP contribution in [0.25, 0.3) is 0 Å². The van der Waals surface area contributed by atoms with Crippen LogP contribution in [-0.2, 0) is 4.74 Å². The van der Waals surface area contributed by atoms with E-state index in [9.17, 15) is 0 Å². The van der Waals surface area contributed by atoms with Gasteiger partial charge in [-0.05, 0) is 12.1 Å². The first-order valence-corrected chi connectivity index (χ1v) is 8.33. The Balaban J connectivity index is 1.42. The van der Waals surface area contributed by atoms with Crippen molar-refractivity contribution in [1.29, 1.82) is 0 Å². The molecule has 0 radical (unpaired) electrons. The molecule has 0 aliphatic carbocycles. The maximum atomic E-state index is 5.41. The van der Waals surface area contributed by atoms with Crippen LogP contribution in [0.1, 0.15) is 0 Å². The van der Waals surface area contributed by atoms with Gasteiger partial charge in [0.1, 0.15) is 5.82 Å². The summed E-state index contributed by atoms with van der Waals surface area (Å²) in [6.45, 7) is 6.76. The smallest absolute Gasteiger partial charge is 0.227 e. The van der Waals surface area contributed by atoms with E-state index >= 15 is 0 Å². The number of piperazine rings is 1. The summed E-state index contributed by atoms with van der Waals surface area (Å²) in [6.07, 6.45) is 5.41. The Labute approximate surface area is 141 Å². The number of aromatic nitrogens is 4. The highest BCUT2D eigenvalue weighted by molar-refractivity contribution is 5.45. The third-order valence-electron chi connectivity index (χ3n) is 4.36. The fraction of sp³-hybridized carbons (Fsp3) is 0.500. The molecule has 0 N–H and O–H groups in total. The molecule has 0 amide bonds. The minimum absolute atomic E-state index is 0.759. The van der Waals surface area contributed by atoms with Crippen LogP contribution >= 0.6 is 0 Å². The van der Waals surface area contributed by atoms with E-state index in [1.807, 2.05) is 18.3 Å². The molecule has 2 aromatic rings. The number of morpholine rings is 1. The van der Waals surface area contributed by atoms with E-state index in [2.05, 4.69) is 29.7 Å². The molecule has 0 bridgehead atoms. The van der Waals surface area contributed by atoms with E-state index < -0.39 is 0 Å². The van der Waals surface area contributed by atoms with Crippen LogP contribution < -0.4 is 14.7 Å². The summed E-state index contributed by atoms with van der Waals surface area (Å²) >= 11 is 0. The van der Waals surface area contributed by atoms with Gasteiger partial charge in [-0.1, -0.05) is 0 Å². The molecule has 0 aromatic carbocycles. The Bertz CT molecular complexity index is 654. The highest BCUT2D eigenvalue weighted by Crippen LogP contribution is 2.18. The summed E-state index contributed by atoms with van der Waals surface area (Å²) in [5.41, 5.74) is 0. The fourth-order valence-electron chi connectivity index (χ4n) is 3.02. The number of hydrogen-bond donors (Lipinski definition) is 0. The quantitative estimate of drug-likeness (QED) is 0.804. The topological polar surface area (TPSA) is 70.5 Å². The van der Waals surface area contributed by atoms with Crippen LogP contribution in [-0.4, -0.2) is 72.4 Å². The first-order chi connectivity index (χ1) is 11.9. The maximum Gasteiger partial charge on any atom is 0.227 e. The van der Waals surface area contributed by atoms with Gasteiger partial charge in [0.2, 0.25) is 11.9 Å². The zero-order valence-corrected chi connectivity index (χ0v) is 13.6. The number of hydrogen-bond acceptors (Lipinski definition) is 8. The van der Waals surface area contributed by atoms with Gasteiger partial charge in [-0.25, -0.2) is 15.0 Å². The average Bonchev–Trinajstić information content (AvgIpc) is 2.70. The predicted octanol–water partition coefficient (Wildman–Crippen LogP) is 0.430. The van der Waals surface area contributed by atoms with Gasteiger partial charge in [0, 0.05) is 57.9 Å². The van der Waals surface area contributed by atoms with Crippen molar-refractivity contribution < 1.29 is 4.74 Å². The number of rotatable bonds is 3. The van der Waals surface area contributed by atoms with Gasteiger partial charge in [-0.3, -0.25) is 0 Å². The van der Waals surface area contributed by atoms with E-state index in [-0.39, 0.29) is 0 Å². The standard InChI is InChI=1S/C16H21N7O/c1-3-17-15(18-4-1)22-6-8-23(9-7-22)16-19-5-2-14(20-16)21-10-12-24-13-11-21/h1-5H,6-13H2. The third-order valence-corrected chi connectivity index (χ3v) is 4.36. The summed E-state index contributed by atoms with van der Waals surface area (Å²) in [6, 6.07) is 3.81. The second kappa shape index (κ2) is 6.96. The van der Waals surface area contributed by atoms with Crippen molar-refractivity contribution in [2.45, 2.75) is 0 Å². The molecule has 2 saturated heterocycles. The summed E-state index contributed by atoms with van der Waals surface area (Å²) in [5.74, 6) is 2.57. The monoisotopic (exact) mass is 327 g/mol. The van der Waals surface area contributed by atoms with Crippen LogP contribution in [0.5, 0.6) is 0 Å². The highest BCUT2D eigenvalue weighted by atomic mass is 16.5. The lowest BCUT2D eigenvalue weighted by molar-refractivity contribution is 0.122. The number of anilines is 3. The molecule has 0 atom stereocenters. The van der Waals surface area contributed by atoms with Crippen molar-refractivity contribution in [3.05, 3.63) is 30.7 Å². The molecule has 2 aromatic heterocycles. The SMILES string of the molecule is c1cnc(N2CCN(c3nccc(N4CCOCC4)n3)CC2)nc1. The zero-order valence-electron chi connectivity index (χ0n) is 13.6. The molecule has 0 spiro atoms. The maximum absolute atomic E-state index is 5.41. The molecule has 8 nitrogen and oxygen atoms in total. The van der Waals surface area contributed by atoms with E-state index in [1.165, 1.54) is 0 Å². The van der Waals surface area contributed by atoms with Crippen molar-refractivity contribution in [3.8, 4) is 0 Å². The first-order valence-electron chi connectivity index (χ1n) is 8.33. The number of nitrogens with zero attached hydrogens (tertiary/aromatic N) is 7. The third kappa shape index (κ3) is 3.23. The van der Waals surface area contributed by atoms with Crippen molar-refractivity contribution in [1.82, 2.24) is 19.9 Å². The van der Waals surface area contributed by atoms with Gasteiger partial charge < -0.3 is 19.4 Å². The number of ether oxygens (including phenoxy) is 1. The largest absolute Gasteiger partial charge is 0.378 e. The lowest BCUT2D eigenvalue weighted by Crippen LogP contribution is -2.47. The van der Waals surface area contributed by atoms with E-state index in [1.54, 1.807) is 12.4 Å². The van der Waals surface area contributed by atoms with E-state index in [0.717, 1.165) is 70.2 Å². The highest BCUT2D eigenvalue weighted by Gasteiger charge is 2.21. The molecule has 126 valence electrons. The lowest BCUT2D eigenvalue weighted by Gasteiger charge is -2.35. The molecule has 4 rings (SSSR count). The molecule has 2 aliphatic heterocycles. The molecule has 8 heteroatoms. The molecule has 24 heavy (non-hydrogen) atoms. The van der Waals surface area contributed by atoms with Crippen LogP contribution in [0.15, 0.2) is 30.7 Å². The van der Waals surface area contributed by atoms with Gasteiger partial charge in [0.25, 0.3) is 0 Å². The van der Waals surface area contributed by atoms with Crippen molar-refractivity contribution in [2.24, 2.45) is 0 Å². The second-order valence-corrected chi connectivity index (χ2v) is 5.84. The summed E-state index contributed by atoms with van der Waals surface area (Å²) < 4.78 is 5.41. The molecule has 2 aliphatic rings. The lowest BCUT2D eigenvalue weighted by atomic mass is 10.3. The summed E-state index contributed by atoms with van der Waals surface area (Å²) in [7, 11) is 0. The molecular weight excluding hydrogens is 306 g/mol.